The van der Waals surface area contributed by atoms with Gasteiger partial charge in [-0.1, -0.05) is 13.8 Å². The topological polar surface area (TPSA) is 76.2 Å². The van der Waals surface area contributed by atoms with Crippen LogP contribution in [0.15, 0.2) is 17.0 Å². The highest BCUT2D eigenvalue weighted by Crippen LogP contribution is 2.46. The minimum Gasteiger partial charge on any atom is -0.496 e. The smallest absolute Gasteiger partial charge is 0.326 e. The summed E-state index contributed by atoms with van der Waals surface area (Å²) < 4.78 is 10.8. The minimum absolute atomic E-state index is 0.0300. The molecule has 180 valence electrons. The monoisotopic (exact) mass is 474 g/mol. The molecule has 1 aromatic carbocycles. The van der Waals surface area contributed by atoms with Crippen molar-refractivity contribution < 1.29 is 23.9 Å². The highest BCUT2D eigenvalue weighted by Gasteiger charge is 2.38. The molecule has 33 heavy (non-hydrogen) atoms. The number of carbonyl (C=O) groups excluding carboxylic acids is 3. The molecule has 2 amide bonds. The van der Waals surface area contributed by atoms with Crippen molar-refractivity contribution in [3.63, 3.8) is 0 Å². The van der Waals surface area contributed by atoms with Gasteiger partial charge in [0.25, 0.3) is 11.1 Å². The van der Waals surface area contributed by atoms with Crippen LogP contribution in [-0.4, -0.2) is 53.9 Å². The SMILES string of the molecule is CCCN1c2cc(OC)c(/C=C3\SC(=O)N(CC(=O)OC(C)C)C3=O)cc2C(C)CC1(C)C. The van der Waals surface area contributed by atoms with E-state index < -0.39 is 17.1 Å². The third-order valence-corrected chi connectivity index (χ3v) is 6.91. The summed E-state index contributed by atoms with van der Waals surface area (Å²) in [5.41, 5.74) is 3.13. The first kappa shape index (κ1) is 25.1. The van der Waals surface area contributed by atoms with Gasteiger partial charge in [0.05, 0.1) is 18.1 Å². The Morgan fingerprint density at radius 1 is 1.30 bits per heavy atom. The second-order valence-corrected chi connectivity index (χ2v) is 10.5. The Bertz CT molecular complexity index is 985. The number of rotatable bonds is 7. The zero-order chi connectivity index (χ0) is 24.5. The number of hydrogen-bond acceptors (Lipinski definition) is 7. The molecule has 0 saturated carbocycles. The van der Waals surface area contributed by atoms with E-state index in [0.717, 1.165) is 47.3 Å². The molecule has 0 N–H and O–H groups in total. The van der Waals surface area contributed by atoms with Gasteiger partial charge in [0, 0.05) is 29.4 Å². The zero-order valence-corrected chi connectivity index (χ0v) is 21.4. The fourth-order valence-electron chi connectivity index (χ4n) is 4.67. The highest BCUT2D eigenvalue weighted by atomic mass is 32.2. The highest BCUT2D eigenvalue weighted by molar-refractivity contribution is 8.18. The van der Waals surface area contributed by atoms with E-state index in [0.29, 0.717) is 11.7 Å². The maximum absolute atomic E-state index is 12.9. The molecule has 0 aromatic heterocycles. The average molecular weight is 475 g/mol. The summed E-state index contributed by atoms with van der Waals surface area (Å²) in [5.74, 6) is -0.118. The van der Waals surface area contributed by atoms with E-state index in [-0.39, 0.29) is 23.1 Å². The Labute approximate surface area is 200 Å². The summed E-state index contributed by atoms with van der Waals surface area (Å²) in [6.07, 6.45) is 3.43. The lowest BCUT2D eigenvalue weighted by Gasteiger charge is -2.47. The number of anilines is 1. The van der Waals surface area contributed by atoms with Crippen molar-refractivity contribution in [2.75, 3.05) is 25.1 Å². The lowest BCUT2D eigenvalue weighted by atomic mass is 9.79. The quantitative estimate of drug-likeness (QED) is 0.398. The summed E-state index contributed by atoms with van der Waals surface area (Å²) in [6, 6.07) is 4.11. The number of ether oxygens (including phenoxy) is 2. The van der Waals surface area contributed by atoms with Crippen molar-refractivity contribution in [2.24, 2.45) is 0 Å². The molecule has 0 bridgehead atoms. The van der Waals surface area contributed by atoms with Crippen LogP contribution in [0, 0.1) is 0 Å². The van der Waals surface area contributed by atoms with Crippen molar-refractivity contribution in [1.82, 2.24) is 4.90 Å². The summed E-state index contributed by atoms with van der Waals surface area (Å²) in [5, 5.41) is -0.479. The number of imide groups is 1. The molecule has 2 aliphatic heterocycles. The van der Waals surface area contributed by atoms with Crippen LogP contribution in [0.2, 0.25) is 0 Å². The molecule has 2 heterocycles. The molecule has 0 radical (unpaired) electrons. The molecule has 3 rings (SSSR count). The average Bonchev–Trinajstić information content (AvgIpc) is 2.97. The molecule has 1 aromatic rings. The molecule has 1 atom stereocenters. The van der Waals surface area contributed by atoms with Gasteiger partial charge in [0.2, 0.25) is 0 Å². The van der Waals surface area contributed by atoms with Gasteiger partial charge < -0.3 is 14.4 Å². The van der Waals surface area contributed by atoms with Crippen LogP contribution in [-0.2, 0) is 14.3 Å². The summed E-state index contributed by atoms with van der Waals surface area (Å²) in [7, 11) is 1.61. The van der Waals surface area contributed by atoms with E-state index in [2.05, 4.69) is 38.7 Å². The fraction of sp³-hybridized carbons (Fsp3) is 0.560. The molecule has 0 spiro atoms. The standard InChI is InChI=1S/C25H34N2O5S/c1-8-9-27-19-12-20(31-7)17(10-18(19)16(4)13-25(27,5)6)11-21-23(29)26(24(30)33-21)14-22(28)32-15(2)3/h10-12,15-16H,8-9,13-14H2,1-7H3/b21-11-. The number of amides is 2. The zero-order valence-electron chi connectivity index (χ0n) is 20.6. The van der Waals surface area contributed by atoms with E-state index in [1.807, 2.05) is 6.07 Å². The normalized spacial score (nSPS) is 21.1. The second-order valence-electron chi connectivity index (χ2n) is 9.53. The van der Waals surface area contributed by atoms with Crippen LogP contribution >= 0.6 is 11.8 Å². The van der Waals surface area contributed by atoms with Gasteiger partial charge in [0.15, 0.2) is 0 Å². The van der Waals surface area contributed by atoms with Crippen LogP contribution in [0.3, 0.4) is 0 Å². The van der Waals surface area contributed by atoms with E-state index in [1.54, 1.807) is 27.0 Å². The van der Waals surface area contributed by atoms with Gasteiger partial charge in [0.1, 0.15) is 12.3 Å². The maximum atomic E-state index is 12.9. The first-order valence-electron chi connectivity index (χ1n) is 11.4. The van der Waals surface area contributed by atoms with Crippen LogP contribution in [0.4, 0.5) is 10.5 Å². The Hall–Kier alpha value is -2.48. The van der Waals surface area contributed by atoms with Crippen LogP contribution in [0.25, 0.3) is 6.08 Å². The van der Waals surface area contributed by atoms with Crippen molar-refractivity contribution >= 4 is 40.6 Å². The summed E-state index contributed by atoms with van der Waals surface area (Å²) >= 11 is 0.828. The third kappa shape index (κ3) is 5.21. The Balaban J connectivity index is 1.96. The molecule has 2 aliphatic rings. The number of fused-ring (bicyclic) bond motifs is 1. The lowest BCUT2D eigenvalue weighted by molar-refractivity contribution is -0.149. The number of thioether (sulfide) groups is 1. The number of nitrogens with zero attached hydrogens (tertiary/aromatic N) is 2. The van der Waals surface area contributed by atoms with Gasteiger partial charge in [-0.15, -0.1) is 0 Å². The predicted octanol–water partition coefficient (Wildman–Crippen LogP) is 5.19. The Kier molecular flexibility index (Phi) is 7.46. The van der Waals surface area contributed by atoms with E-state index in [4.69, 9.17) is 9.47 Å². The predicted molar refractivity (Wildman–Crippen MR) is 132 cm³/mol. The van der Waals surface area contributed by atoms with E-state index in [9.17, 15) is 14.4 Å². The molecule has 1 fully saturated rings. The van der Waals surface area contributed by atoms with Crippen molar-refractivity contribution in [3.8, 4) is 5.75 Å². The van der Waals surface area contributed by atoms with E-state index >= 15 is 0 Å². The Morgan fingerprint density at radius 3 is 2.61 bits per heavy atom. The van der Waals surface area contributed by atoms with Gasteiger partial charge in [-0.3, -0.25) is 19.3 Å². The van der Waals surface area contributed by atoms with Gasteiger partial charge >= 0.3 is 5.97 Å². The number of hydrogen-bond donors (Lipinski definition) is 0. The van der Waals surface area contributed by atoms with Gasteiger partial charge in [-0.25, -0.2) is 0 Å². The maximum Gasteiger partial charge on any atom is 0.326 e. The first-order chi connectivity index (χ1) is 15.5. The largest absolute Gasteiger partial charge is 0.496 e. The Morgan fingerprint density at radius 2 is 2.00 bits per heavy atom. The van der Waals surface area contributed by atoms with Crippen molar-refractivity contribution in [3.05, 3.63) is 28.2 Å². The number of methoxy groups -OCH3 is 1. The minimum atomic E-state index is -0.604. The first-order valence-corrected chi connectivity index (χ1v) is 12.2. The van der Waals surface area contributed by atoms with Gasteiger partial charge in [-0.05, 0) is 75.9 Å². The van der Waals surface area contributed by atoms with Crippen molar-refractivity contribution in [1.29, 1.82) is 0 Å². The van der Waals surface area contributed by atoms with E-state index in [1.165, 1.54) is 5.56 Å². The van der Waals surface area contributed by atoms with Crippen molar-refractivity contribution in [2.45, 2.75) is 71.9 Å². The molecular weight excluding hydrogens is 440 g/mol. The van der Waals surface area contributed by atoms with Crippen LogP contribution in [0.5, 0.6) is 5.75 Å². The molecule has 8 heteroatoms. The molecule has 7 nitrogen and oxygen atoms in total. The second kappa shape index (κ2) is 9.79. The number of esters is 1. The number of benzene rings is 1. The molecule has 0 aliphatic carbocycles. The van der Waals surface area contributed by atoms with Gasteiger partial charge in [-0.2, -0.15) is 0 Å². The molecule has 1 unspecified atom stereocenters. The molecular formula is C25H34N2O5S. The summed E-state index contributed by atoms with van der Waals surface area (Å²) in [4.78, 5) is 40.9. The lowest BCUT2D eigenvalue weighted by Crippen LogP contribution is -2.48. The van der Waals surface area contributed by atoms with Crippen LogP contribution in [0.1, 0.15) is 71.4 Å². The third-order valence-electron chi connectivity index (χ3n) is 6.00. The summed E-state index contributed by atoms with van der Waals surface area (Å²) in [6.45, 7) is 12.9. The molecule has 1 saturated heterocycles. The fourth-order valence-corrected chi connectivity index (χ4v) is 5.50. The van der Waals surface area contributed by atoms with Crippen LogP contribution < -0.4 is 9.64 Å². The number of carbonyl (C=O) groups is 3.